The van der Waals surface area contributed by atoms with Crippen LogP contribution >= 0.6 is 24.0 Å². The number of halogens is 3. The third-order valence-corrected chi connectivity index (χ3v) is 3.69. The quantitative estimate of drug-likeness (QED) is 0.906. The summed E-state index contributed by atoms with van der Waals surface area (Å²) in [5.41, 5.74) is 0.503. The molecule has 0 amide bonds. The van der Waals surface area contributed by atoms with Crippen LogP contribution in [0.1, 0.15) is 18.4 Å². The second-order valence-electron chi connectivity index (χ2n) is 4.55. The molecule has 0 aromatic heterocycles. The van der Waals surface area contributed by atoms with Gasteiger partial charge in [0.25, 0.3) is 0 Å². The lowest BCUT2D eigenvalue weighted by Crippen LogP contribution is -2.37. The zero-order valence-electron chi connectivity index (χ0n) is 9.88. The van der Waals surface area contributed by atoms with Gasteiger partial charge >= 0.3 is 0 Å². The van der Waals surface area contributed by atoms with Gasteiger partial charge in [0.15, 0.2) is 0 Å². The van der Waals surface area contributed by atoms with Crippen molar-refractivity contribution in [3.05, 3.63) is 34.6 Å². The maximum absolute atomic E-state index is 12.9. The highest BCUT2D eigenvalue weighted by atomic mass is 35.5. The first kappa shape index (κ1) is 15.2. The van der Waals surface area contributed by atoms with Crippen molar-refractivity contribution in [2.75, 3.05) is 13.1 Å². The van der Waals surface area contributed by atoms with Crippen molar-refractivity contribution in [3.63, 3.8) is 0 Å². The first-order valence-corrected chi connectivity index (χ1v) is 6.09. The molecular formula is C13H15Cl2FN2. The number of rotatable bonds is 2. The molecule has 1 N–H and O–H groups in total. The number of benzene rings is 1. The molecule has 1 aromatic rings. The minimum atomic E-state index is -0.354. The van der Waals surface area contributed by atoms with Gasteiger partial charge in [-0.25, -0.2) is 4.39 Å². The highest BCUT2D eigenvalue weighted by Gasteiger charge is 2.32. The molecule has 0 radical (unpaired) electrons. The molecule has 0 spiro atoms. The van der Waals surface area contributed by atoms with E-state index in [0.717, 1.165) is 31.5 Å². The number of piperidine rings is 1. The molecule has 0 aliphatic carbocycles. The summed E-state index contributed by atoms with van der Waals surface area (Å²) in [6.07, 6.45) is 2.23. The summed E-state index contributed by atoms with van der Waals surface area (Å²) in [7, 11) is 0. The predicted octanol–water partition coefficient (Wildman–Crippen LogP) is 3.34. The van der Waals surface area contributed by atoms with Gasteiger partial charge in [0.05, 0.1) is 11.5 Å². The van der Waals surface area contributed by atoms with Crippen molar-refractivity contribution in [3.8, 4) is 6.07 Å². The van der Waals surface area contributed by atoms with Crippen molar-refractivity contribution < 1.29 is 4.39 Å². The summed E-state index contributed by atoms with van der Waals surface area (Å²) in [5, 5.41) is 13.0. The second kappa shape index (κ2) is 6.38. The van der Waals surface area contributed by atoms with Gasteiger partial charge in [0.1, 0.15) is 5.82 Å². The van der Waals surface area contributed by atoms with Gasteiger partial charge in [-0.1, -0.05) is 17.7 Å². The van der Waals surface area contributed by atoms with E-state index in [4.69, 9.17) is 11.6 Å². The summed E-state index contributed by atoms with van der Waals surface area (Å²) in [6, 6.07) is 6.80. The van der Waals surface area contributed by atoms with Crippen LogP contribution in [0.2, 0.25) is 5.02 Å². The number of nitrogens with one attached hydrogen (secondary N) is 1. The van der Waals surface area contributed by atoms with E-state index in [-0.39, 0.29) is 23.6 Å². The van der Waals surface area contributed by atoms with Gasteiger partial charge in [0.2, 0.25) is 0 Å². The predicted molar refractivity (Wildman–Crippen MR) is 72.5 cm³/mol. The highest BCUT2D eigenvalue weighted by molar-refractivity contribution is 6.31. The fraction of sp³-hybridized carbons (Fsp3) is 0.462. The lowest BCUT2D eigenvalue weighted by Gasteiger charge is -2.31. The van der Waals surface area contributed by atoms with E-state index in [1.165, 1.54) is 12.1 Å². The standard InChI is InChI=1S/C13H14ClFN2.ClH/c14-12-7-11(15)2-1-10(12)8-13(9-16)3-5-17-6-4-13;/h1-2,7,17H,3-6,8H2;1H. The number of hydrogen-bond donors (Lipinski definition) is 1. The summed E-state index contributed by atoms with van der Waals surface area (Å²) >= 11 is 6.00. The van der Waals surface area contributed by atoms with Crippen LogP contribution in [0.4, 0.5) is 4.39 Å². The number of nitrogens with zero attached hydrogens (tertiary/aromatic N) is 1. The Balaban J connectivity index is 0.00000162. The summed E-state index contributed by atoms with van der Waals surface area (Å²) in [5.74, 6) is -0.338. The lowest BCUT2D eigenvalue weighted by atomic mass is 9.75. The van der Waals surface area contributed by atoms with E-state index in [2.05, 4.69) is 11.4 Å². The fourth-order valence-electron chi connectivity index (χ4n) is 2.26. The van der Waals surface area contributed by atoms with E-state index in [1.54, 1.807) is 6.07 Å². The third kappa shape index (κ3) is 3.35. The van der Waals surface area contributed by atoms with Crippen molar-refractivity contribution in [2.24, 2.45) is 5.41 Å². The van der Waals surface area contributed by atoms with E-state index < -0.39 is 0 Å². The third-order valence-electron chi connectivity index (χ3n) is 3.34. The fourth-order valence-corrected chi connectivity index (χ4v) is 2.50. The molecule has 1 aliphatic rings. The van der Waals surface area contributed by atoms with Gasteiger partial charge in [-0.3, -0.25) is 0 Å². The van der Waals surface area contributed by atoms with Crippen molar-refractivity contribution in [1.82, 2.24) is 5.32 Å². The maximum Gasteiger partial charge on any atom is 0.124 e. The topological polar surface area (TPSA) is 35.8 Å². The van der Waals surface area contributed by atoms with Gasteiger partial charge in [-0.2, -0.15) is 5.26 Å². The number of hydrogen-bond acceptors (Lipinski definition) is 2. The molecule has 0 unspecified atom stereocenters. The average molecular weight is 289 g/mol. The molecule has 18 heavy (non-hydrogen) atoms. The molecule has 2 nitrogen and oxygen atoms in total. The minimum absolute atomic E-state index is 0. The Kier molecular flexibility index (Phi) is 5.40. The van der Waals surface area contributed by atoms with E-state index in [1.807, 2.05) is 0 Å². The zero-order valence-corrected chi connectivity index (χ0v) is 11.5. The molecule has 1 heterocycles. The SMILES string of the molecule is Cl.N#CC1(Cc2ccc(F)cc2Cl)CCNCC1. The Morgan fingerprint density at radius 1 is 1.39 bits per heavy atom. The normalized spacial score (nSPS) is 17.6. The second-order valence-corrected chi connectivity index (χ2v) is 4.96. The molecular weight excluding hydrogens is 274 g/mol. The minimum Gasteiger partial charge on any atom is -0.317 e. The van der Waals surface area contributed by atoms with Gasteiger partial charge in [0, 0.05) is 5.02 Å². The van der Waals surface area contributed by atoms with Gasteiger partial charge in [-0.15, -0.1) is 12.4 Å². The summed E-state index contributed by atoms with van der Waals surface area (Å²) < 4.78 is 12.9. The molecule has 5 heteroatoms. The largest absolute Gasteiger partial charge is 0.317 e. The molecule has 1 fully saturated rings. The molecule has 2 rings (SSSR count). The molecule has 98 valence electrons. The van der Waals surface area contributed by atoms with Crippen LogP contribution in [0.25, 0.3) is 0 Å². The van der Waals surface area contributed by atoms with Crippen LogP contribution < -0.4 is 5.32 Å². The molecule has 0 saturated carbocycles. The Hall–Kier alpha value is -0.820. The molecule has 0 atom stereocenters. The number of nitriles is 1. The van der Waals surface area contributed by atoms with Crippen molar-refractivity contribution in [2.45, 2.75) is 19.3 Å². The summed E-state index contributed by atoms with van der Waals surface area (Å²) in [4.78, 5) is 0. The van der Waals surface area contributed by atoms with Crippen LogP contribution in [0, 0.1) is 22.6 Å². The zero-order chi connectivity index (χ0) is 12.3. The van der Waals surface area contributed by atoms with Crippen LogP contribution in [-0.2, 0) is 6.42 Å². The maximum atomic E-state index is 12.9. The summed E-state index contributed by atoms with van der Waals surface area (Å²) in [6.45, 7) is 1.71. The van der Waals surface area contributed by atoms with E-state index in [9.17, 15) is 9.65 Å². The monoisotopic (exact) mass is 288 g/mol. The van der Waals surface area contributed by atoms with Crippen LogP contribution in [0.3, 0.4) is 0 Å². The smallest absolute Gasteiger partial charge is 0.124 e. The van der Waals surface area contributed by atoms with Gasteiger partial charge < -0.3 is 5.32 Å². The van der Waals surface area contributed by atoms with Crippen LogP contribution in [0.5, 0.6) is 0 Å². The van der Waals surface area contributed by atoms with Crippen molar-refractivity contribution >= 4 is 24.0 Å². The Bertz CT molecular complexity index is 451. The van der Waals surface area contributed by atoms with Crippen molar-refractivity contribution in [1.29, 1.82) is 5.26 Å². The first-order valence-electron chi connectivity index (χ1n) is 5.71. The lowest BCUT2D eigenvalue weighted by molar-refractivity contribution is 0.280. The van der Waals surface area contributed by atoms with E-state index >= 15 is 0 Å². The van der Waals surface area contributed by atoms with Crippen LogP contribution in [-0.4, -0.2) is 13.1 Å². The van der Waals surface area contributed by atoms with Crippen LogP contribution in [0.15, 0.2) is 18.2 Å². The first-order chi connectivity index (χ1) is 8.15. The Labute approximate surface area is 118 Å². The Morgan fingerprint density at radius 3 is 2.61 bits per heavy atom. The molecule has 1 saturated heterocycles. The highest BCUT2D eigenvalue weighted by Crippen LogP contribution is 2.34. The average Bonchev–Trinajstić information content (AvgIpc) is 2.34. The molecule has 1 aliphatic heterocycles. The molecule has 0 bridgehead atoms. The van der Waals surface area contributed by atoms with Gasteiger partial charge in [-0.05, 0) is 50.0 Å². The molecule has 1 aromatic carbocycles. The van der Waals surface area contributed by atoms with E-state index in [0.29, 0.717) is 11.4 Å². The Morgan fingerprint density at radius 2 is 2.06 bits per heavy atom.